The molecule has 18 heavy (non-hydrogen) atoms. The molecule has 1 aliphatic rings. The summed E-state index contributed by atoms with van der Waals surface area (Å²) in [6.45, 7) is 2.78. The lowest BCUT2D eigenvalue weighted by Gasteiger charge is -2.32. The van der Waals surface area contributed by atoms with Crippen LogP contribution in [0, 0.1) is 0 Å². The van der Waals surface area contributed by atoms with Crippen LogP contribution in [-0.2, 0) is 21.3 Å². The van der Waals surface area contributed by atoms with Crippen LogP contribution in [0.3, 0.4) is 0 Å². The first kappa shape index (κ1) is 13.5. The summed E-state index contributed by atoms with van der Waals surface area (Å²) in [4.78, 5) is 2.19. The molecule has 1 unspecified atom stereocenters. The number of benzene rings is 1. The molecule has 0 spiro atoms. The van der Waals surface area contributed by atoms with Crippen LogP contribution in [0.4, 0.5) is 0 Å². The Kier molecular flexibility index (Phi) is 4.34. The number of hydrogen-bond donors (Lipinski definition) is 1. The molecule has 1 fully saturated rings. The van der Waals surface area contributed by atoms with Crippen LogP contribution in [0.15, 0.2) is 30.3 Å². The van der Waals surface area contributed by atoms with Crippen LogP contribution in [0.1, 0.15) is 5.56 Å². The van der Waals surface area contributed by atoms with Crippen LogP contribution < -0.4 is 5.14 Å². The molecular formula is C12H18N2O3S. The van der Waals surface area contributed by atoms with Crippen molar-refractivity contribution in [3.63, 3.8) is 0 Å². The van der Waals surface area contributed by atoms with E-state index in [-0.39, 0.29) is 11.9 Å². The zero-order valence-electron chi connectivity index (χ0n) is 10.2. The third-order valence-electron chi connectivity index (χ3n) is 2.89. The lowest BCUT2D eigenvalue weighted by molar-refractivity contribution is -0.0194. The van der Waals surface area contributed by atoms with E-state index in [1.165, 1.54) is 5.56 Å². The van der Waals surface area contributed by atoms with E-state index in [0.29, 0.717) is 13.2 Å². The van der Waals surface area contributed by atoms with Crippen molar-refractivity contribution in [1.29, 1.82) is 0 Å². The summed E-state index contributed by atoms with van der Waals surface area (Å²) in [5, 5.41) is 5.04. The van der Waals surface area contributed by atoms with Gasteiger partial charge in [0.15, 0.2) is 0 Å². The Morgan fingerprint density at radius 2 is 2.06 bits per heavy atom. The van der Waals surface area contributed by atoms with Crippen LogP contribution in [0.2, 0.25) is 0 Å². The molecule has 1 saturated heterocycles. The second-order valence-electron chi connectivity index (χ2n) is 4.54. The van der Waals surface area contributed by atoms with E-state index >= 15 is 0 Å². The predicted molar refractivity (Wildman–Crippen MR) is 69.4 cm³/mol. The normalized spacial score (nSPS) is 21.9. The lowest BCUT2D eigenvalue weighted by Crippen LogP contribution is -2.45. The second-order valence-corrected chi connectivity index (χ2v) is 6.20. The van der Waals surface area contributed by atoms with Crippen molar-refractivity contribution in [3.8, 4) is 0 Å². The van der Waals surface area contributed by atoms with Crippen molar-refractivity contribution < 1.29 is 13.2 Å². The number of morpholine rings is 1. The number of rotatable bonds is 4. The van der Waals surface area contributed by atoms with E-state index < -0.39 is 10.0 Å². The highest BCUT2D eigenvalue weighted by Crippen LogP contribution is 2.11. The monoisotopic (exact) mass is 270 g/mol. The van der Waals surface area contributed by atoms with Gasteiger partial charge in [0.2, 0.25) is 10.0 Å². The minimum absolute atomic E-state index is 0.113. The molecule has 0 radical (unpaired) electrons. The SMILES string of the molecule is NS(=O)(=O)CC1CN(Cc2ccccc2)CCO1. The molecule has 0 bridgehead atoms. The van der Waals surface area contributed by atoms with Crippen LogP contribution >= 0.6 is 0 Å². The molecule has 0 saturated carbocycles. The Hall–Kier alpha value is -0.950. The van der Waals surface area contributed by atoms with Gasteiger partial charge in [0.05, 0.1) is 18.5 Å². The number of nitrogens with two attached hydrogens (primary N) is 1. The first-order chi connectivity index (χ1) is 8.53. The number of ether oxygens (including phenoxy) is 1. The molecule has 1 aromatic rings. The molecule has 5 nitrogen and oxygen atoms in total. The predicted octanol–water partition coefficient (Wildman–Crippen LogP) is 0.176. The Morgan fingerprint density at radius 3 is 2.72 bits per heavy atom. The van der Waals surface area contributed by atoms with Crippen LogP contribution in [0.5, 0.6) is 0 Å². The Balaban J connectivity index is 1.91. The first-order valence-corrected chi connectivity index (χ1v) is 7.63. The maximum Gasteiger partial charge on any atom is 0.211 e. The summed E-state index contributed by atoms with van der Waals surface area (Å²) in [5.41, 5.74) is 1.22. The average molecular weight is 270 g/mol. The van der Waals surface area contributed by atoms with Gasteiger partial charge in [-0.25, -0.2) is 13.6 Å². The highest BCUT2D eigenvalue weighted by atomic mass is 32.2. The van der Waals surface area contributed by atoms with E-state index in [0.717, 1.165) is 13.1 Å². The fourth-order valence-electron chi connectivity index (χ4n) is 2.13. The van der Waals surface area contributed by atoms with Gasteiger partial charge in [-0.2, -0.15) is 0 Å². The van der Waals surface area contributed by atoms with E-state index in [2.05, 4.69) is 17.0 Å². The number of sulfonamides is 1. The maximum absolute atomic E-state index is 11.0. The summed E-state index contributed by atoms with van der Waals surface area (Å²) in [6.07, 6.45) is -0.322. The maximum atomic E-state index is 11.0. The summed E-state index contributed by atoms with van der Waals surface area (Å²) in [5.74, 6) is -0.113. The van der Waals surface area contributed by atoms with Gasteiger partial charge in [-0.15, -0.1) is 0 Å². The van der Waals surface area contributed by atoms with E-state index in [9.17, 15) is 8.42 Å². The largest absolute Gasteiger partial charge is 0.374 e. The lowest BCUT2D eigenvalue weighted by atomic mass is 10.2. The summed E-state index contributed by atoms with van der Waals surface area (Å²) >= 11 is 0. The molecule has 6 heteroatoms. The molecule has 2 rings (SSSR count). The van der Waals surface area contributed by atoms with Crippen molar-refractivity contribution in [3.05, 3.63) is 35.9 Å². The molecule has 0 aromatic heterocycles. The highest BCUT2D eigenvalue weighted by molar-refractivity contribution is 7.89. The molecule has 2 N–H and O–H groups in total. The van der Waals surface area contributed by atoms with Crippen molar-refractivity contribution in [2.24, 2.45) is 5.14 Å². The fraction of sp³-hybridized carbons (Fsp3) is 0.500. The highest BCUT2D eigenvalue weighted by Gasteiger charge is 2.23. The summed E-state index contributed by atoms with van der Waals surface area (Å²) in [6, 6.07) is 10.1. The van der Waals surface area contributed by atoms with Gasteiger partial charge in [-0.3, -0.25) is 4.90 Å². The minimum atomic E-state index is -3.47. The minimum Gasteiger partial charge on any atom is -0.374 e. The topological polar surface area (TPSA) is 72.6 Å². The standard InChI is InChI=1S/C12H18N2O3S/c13-18(15,16)10-12-9-14(6-7-17-12)8-11-4-2-1-3-5-11/h1-5,12H,6-10H2,(H2,13,15,16). The molecule has 1 heterocycles. The zero-order chi connectivity index (χ0) is 13.0. The quantitative estimate of drug-likeness (QED) is 0.847. The van der Waals surface area contributed by atoms with Gasteiger partial charge in [-0.1, -0.05) is 30.3 Å². The molecule has 0 aliphatic carbocycles. The molecule has 0 amide bonds. The number of primary sulfonamides is 1. The Morgan fingerprint density at radius 1 is 1.33 bits per heavy atom. The van der Waals surface area contributed by atoms with Crippen molar-refractivity contribution >= 4 is 10.0 Å². The molecule has 1 aliphatic heterocycles. The van der Waals surface area contributed by atoms with E-state index in [1.807, 2.05) is 18.2 Å². The molecule has 100 valence electrons. The molecule has 1 atom stereocenters. The third kappa shape index (κ3) is 4.38. The smallest absolute Gasteiger partial charge is 0.211 e. The fourth-order valence-corrected chi connectivity index (χ4v) is 2.85. The third-order valence-corrected chi connectivity index (χ3v) is 3.73. The van der Waals surface area contributed by atoms with E-state index in [1.54, 1.807) is 0 Å². The second kappa shape index (κ2) is 5.79. The summed E-state index contributed by atoms with van der Waals surface area (Å²) < 4.78 is 27.5. The van der Waals surface area contributed by atoms with Gasteiger partial charge < -0.3 is 4.74 Å². The van der Waals surface area contributed by atoms with Gasteiger partial charge in [-0.05, 0) is 5.56 Å². The number of nitrogens with zero attached hydrogens (tertiary/aromatic N) is 1. The van der Waals surface area contributed by atoms with Crippen molar-refractivity contribution in [2.75, 3.05) is 25.4 Å². The molecular weight excluding hydrogens is 252 g/mol. The van der Waals surface area contributed by atoms with Crippen molar-refractivity contribution in [1.82, 2.24) is 4.90 Å². The van der Waals surface area contributed by atoms with Gasteiger partial charge in [0.25, 0.3) is 0 Å². The van der Waals surface area contributed by atoms with E-state index in [4.69, 9.17) is 9.88 Å². The van der Waals surface area contributed by atoms with Gasteiger partial charge >= 0.3 is 0 Å². The summed E-state index contributed by atoms with van der Waals surface area (Å²) in [7, 11) is -3.47. The zero-order valence-corrected chi connectivity index (χ0v) is 11.0. The number of hydrogen-bond acceptors (Lipinski definition) is 4. The van der Waals surface area contributed by atoms with Crippen LogP contribution in [-0.4, -0.2) is 44.9 Å². The van der Waals surface area contributed by atoms with Crippen LogP contribution in [0.25, 0.3) is 0 Å². The van der Waals surface area contributed by atoms with Crippen molar-refractivity contribution in [2.45, 2.75) is 12.6 Å². The molecule has 1 aromatic carbocycles. The average Bonchev–Trinajstić information content (AvgIpc) is 2.28. The Labute approximate surface area is 108 Å². The Bertz CT molecular complexity index is 475. The first-order valence-electron chi connectivity index (χ1n) is 5.91. The van der Waals surface area contributed by atoms with Gasteiger partial charge in [0, 0.05) is 19.6 Å². The van der Waals surface area contributed by atoms with Gasteiger partial charge in [0.1, 0.15) is 0 Å².